The molecule has 2 aromatic rings. The van der Waals surface area contributed by atoms with E-state index in [0.717, 1.165) is 12.2 Å². The molecule has 0 aliphatic rings. The molecule has 0 heterocycles. The van der Waals surface area contributed by atoms with Crippen molar-refractivity contribution in [1.29, 1.82) is 0 Å². The smallest absolute Gasteiger partial charge is 0.326 e. The van der Waals surface area contributed by atoms with Crippen LogP contribution in [0.5, 0.6) is 0 Å². The Labute approximate surface area is 356 Å². The fourth-order valence-corrected chi connectivity index (χ4v) is 5.95. The number of carboxylic acids is 1. The van der Waals surface area contributed by atoms with Gasteiger partial charge >= 0.3 is 5.97 Å². The zero-order valence-electron chi connectivity index (χ0n) is 35.7. The average Bonchev–Trinajstić information content (AvgIpc) is 3.19. The second-order valence-corrected chi connectivity index (χ2v) is 15.7. The number of amides is 8. The largest absolute Gasteiger partial charge is 0.480 e. The van der Waals surface area contributed by atoms with Gasteiger partial charge in [0.2, 0.25) is 47.3 Å². The molecule has 8 amide bonds. The lowest BCUT2D eigenvalue weighted by Gasteiger charge is -2.29. The minimum Gasteiger partial charge on any atom is -0.480 e. The number of nitrogens with one attached hydrogen (secondary N) is 7. The van der Waals surface area contributed by atoms with Crippen LogP contribution < -0.4 is 43.0 Å². The second-order valence-electron chi connectivity index (χ2n) is 15.7. The lowest BCUT2D eigenvalue weighted by Crippen LogP contribution is -2.60. The number of hydrogen-bond acceptors (Lipinski definition) is 9. The Morgan fingerprint density at radius 3 is 1.51 bits per heavy atom. The van der Waals surface area contributed by atoms with Crippen LogP contribution in [0.25, 0.3) is 0 Å². The van der Waals surface area contributed by atoms with Gasteiger partial charge in [0, 0.05) is 25.0 Å². The van der Waals surface area contributed by atoms with Crippen molar-refractivity contribution in [2.45, 2.75) is 104 Å². The quantitative estimate of drug-likeness (QED) is 0.0638. The van der Waals surface area contributed by atoms with Crippen molar-refractivity contribution in [1.82, 2.24) is 37.2 Å². The molecule has 2 aromatic carbocycles. The van der Waals surface area contributed by atoms with Crippen LogP contribution in [-0.2, 0) is 56.0 Å². The number of primary amides is 1. The van der Waals surface area contributed by atoms with Gasteiger partial charge in [-0.2, -0.15) is 0 Å². The van der Waals surface area contributed by atoms with Crippen molar-refractivity contribution in [3.8, 4) is 0 Å². The van der Waals surface area contributed by atoms with Gasteiger partial charge in [-0.15, -0.1) is 0 Å². The summed E-state index contributed by atoms with van der Waals surface area (Å²) in [6.07, 6.45) is 1.90. The van der Waals surface area contributed by atoms with Crippen LogP contribution in [0.2, 0.25) is 0 Å². The molecule has 0 unspecified atom stereocenters. The van der Waals surface area contributed by atoms with E-state index >= 15 is 0 Å². The summed E-state index contributed by atoms with van der Waals surface area (Å²) in [5.74, 6) is -8.04. The van der Waals surface area contributed by atoms with Crippen LogP contribution in [-0.4, -0.2) is 101 Å². The van der Waals surface area contributed by atoms with Gasteiger partial charge in [-0.3, -0.25) is 38.4 Å². The Morgan fingerprint density at radius 1 is 0.557 bits per heavy atom. The first-order valence-electron chi connectivity index (χ1n) is 20.1. The molecule has 10 N–H and O–H groups in total. The fourth-order valence-electron chi connectivity index (χ4n) is 5.95. The van der Waals surface area contributed by atoms with Gasteiger partial charge in [0.25, 0.3) is 0 Å². The summed E-state index contributed by atoms with van der Waals surface area (Å²) in [4.78, 5) is 115. The Balaban J connectivity index is 2.10. The van der Waals surface area contributed by atoms with Gasteiger partial charge in [0.15, 0.2) is 0 Å². The maximum absolute atomic E-state index is 13.8. The Hall–Kier alpha value is -6.59. The topological polar surface area (TPSA) is 284 Å². The summed E-state index contributed by atoms with van der Waals surface area (Å²) in [5.41, 5.74) is 6.83. The maximum atomic E-state index is 13.8. The van der Waals surface area contributed by atoms with Crippen molar-refractivity contribution in [3.63, 3.8) is 0 Å². The highest BCUT2D eigenvalue weighted by molar-refractivity contribution is 6.01. The molecular formula is C43H60N8O10. The molecule has 18 nitrogen and oxygen atoms in total. The van der Waals surface area contributed by atoms with Gasteiger partial charge in [-0.25, -0.2) is 4.79 Å². The SMILES string of the molecule is CC(C)C[C@H](NC(=O)[C@H](Cc1ccccc1)NC(=O)/C=C/C(=O)N[C@@H](C)C(=O)NCC(=O)N[C@@H](Cc1ccccc1)C(=O)O)C(=O)N[C@H](C(=O)N[C@H](C(N)=O)C(C)C)C(C)C. The van der Waals surface area contributed by atoms with Crippen LogP contribution in [0, 0.1) is 17.8 Å². The molecule has 0 radical (unpaired) electrons. The second kappa shape index (κ2) is 25.1. The minimum absolute atomic E-state index is 0.000546. The highest BCUT2D eigenvalue weighted by Crippen LogP contribution is 2.11. The van der Waals surface area contributed by atoms with Gasteiger partial charge in [-0.05, 0) is 42.2 Å². The molecule has 0 aliphatic carbocycles. The van der Waals surface area contributed by atoms with E-state index in [1.807, 2.05) is 13.8 Å². The van der Waals surface area contributed by atoms with Crippen molar-refractivity contribution < 1.29 is 48.3 Å². The van der Waals surface area contributed by atoms with Crippen molar-refractivity contribution in [2.24, 2.45) is 23.5 Å². The summed E-state index contributed by atoms with van der Waals surface area (Å²) in [5, 5.41) is 27.1. The third-order valence-corrected chi connectivity index (χ3v) is 9.25. The zero-order valence-corrected chi connectivity index (χ0v) is 35.7. The molecule has 0 saturated carbocycles. The molecular weight excluding hydrogens is 789 g/mol. The monoisotopic (exact) mass is 848 g/mol. The first-order valence-corrected chi connectivity index (χ1v) is 20.1. The van der Waals surface area contributed by atoms with E-state index in [1.54, 1.807) is 88.4 Å². The van der Waals surface area contributed by atoms with Crippen LogP contribution in [0.1, 0.15) is 66.0 Å². The number of aliphatic carboxylic acids is 1. The minimum atomic E-state index is -1.26. The maximum Gasteiger partial charge on any atom is 0.326 e. The van der Waals surface area contributed by atoms with Crippen molar-refractivity contribution >= 4 is 53.2 Å². The summed E-state index contributed by atoms with van der Waals surface area (Å²) < 4.78 is 0. The predicted molar refractivity (Wildman–Crippen MR) is 226 cm³/mol. The third-order valence-electron chi connectivity index (χ3n) is 9.25. The summed E-state index contributed by atoms with van der Waals surface area (Å²) >= 11 is 0. The lowest BCUT2D eigenvalue weighted by molar-refractivity contribution is -0.141. The molecule has 18 heteroatoms. The number of rotatable bonds is 24. The average molecular weight is 849 g/mol. The first-order chi connectivity index (χ1) is 28.7. The Morgan fingerprint density at radius 2 is 1.03 bits per heavy atom. The van der Waals surface area contributed by atoms with Crippen LogP contribution in [0.3, 0.4) is 0 Å². The van der Waals surface area contributed by atoms with Gasteiger partial charge < -0.3 is 48.1 Å². The van der Waals surface area contributed by atoms with E-state index in [9.17, 15) is 48.3 Å². The predicted octanol–water partition coefficient (Wildman–Crippen LogP) is 0.000900. The number of benzene rings is 2. The standard InChI is InChI=1S/C43H60N8O10/c1-24(2)20-30(41(58)51-37(26(5)6)42(59)50-36(25(3)4)38(44)55)49-40(57)31(21-28-14-10-8-11-15-28)47-34(53)19-18-33(52)46-27(7)39(56)45-23-35(54)48-32(43(60)61)22-29-16-12-9-13-17-29/h8-19,24-27,30-32,36-37H,20-23H2,1-7H3,(H2,44,55)(H,45,56)(H,46,52)(H,47,53)(H,48,54)(H,49,57)(H,50,59)(H,51,58)(H,60,61)/b19-18+/t27-,30-,31-,32-,36-,37-/m0/s1. The number of nitrogens with two attached hydrogens (primary N) is 1. The van der Waals surface area contributed by atoms with Crippen LogP contribution in [0.4, 0.5) is 0 Å². The summed E-state index contributed by atoms with van der Waals surface area (Å²) in [6, 6.07) is 10.6. The van der Waals surface area contributed by atoms with Gasteiger partial charge in [-0.1, -0.05) is 102 Å². The number of carbonyl (C=O) groups is 9. The molecule has 0 saturated heterocycles. The first kappa shape index (κ1) is 50.6. The van der Waals surface area contributed by atoms with E-state index in [0.29, 0.717) is 11.1 Å². The van der Waals surface area contributed by atoms with E-state index in [2.05, 4.69) is 37.2 Å². The molecule has 2 rings (SSSR count). The number of hydrogen-bond donors (Lipinski definition) is 9. The zero-order chi connectivity index (χ0) is 45.8. The Kier molecular flexibility index (Phi) is 20.8. The van der Waals surface area contributed by atoms with Crippen LogP contribution >= 0.6 is 0 Å². The Bertz CT molecular complexity index is 1870. The molecule has 0 aliphatic heterocycles. The van der Waals surface area contributed by atoms with E-state index in [-0.39, 0.29) is 31.1 Å². The highest BCUT2D eigenvalue weighted by Gasteiger charge is 2.33. The van der Waals surface area contributed by atoms with Gasteiger partial charge in [0.05, 0.1) is 6.54 Å². The molecule has 0 bridgehead atoms. The lowest BCUT2D eigenvalue weighted by atomic mass is 9.98. The fraction of sp³-hybridized carbons (Fsp3) is 0.465. The van der Waals surface area contributed by atoms with E-state index in [1.165, 1.54) is 6.92 Å². The normalized spacial score (nSPS) is 14.1. The molecule has 332 valence electrons. The summed E-state index contributed by atoms with van der Waals surface area (Å²) in [7, 11) is 0. The highest BCUT2D eigenvalue weighted by atomic mass is 16.4. The van der Waals surface area contributed by atoms with E-state index in [4.69, 9.17) is 5.73 Å². The molecule has 61 heavy (non-hydrogen) atoms. The van der Waals surface area contributed by atoms with Crippen molar-refractivity contribution in [3.05, 3.63) is 83.9 Å². The van der Waals surface area contributed by atoms with Gasteiger partial charge in [0.1, 0.15) is 36.3 Å². The molecule has 0 aromatic heterocycles. The molecule has 6 atom stereocenters. The number of carbonyl (C=O) groups excluding carboxylic acids is 8. The molecule has 0 fully saturated rings. The third kappa shape index (κ3) is 18.5. The van der Waals surface area contributed by atoms with Crippen LogP contribution in [0.15, 0.2) is 72.8 Å². The summed E-state index contributed by atoms with van der Waals surface area (Å²) in [6.45, 7) is 11.3. The van der Waals surface area contributed by atoms with E-state index < -0.39 is 102 Å². The number of carboxylic acid groups (broad SMARTS) is 1. The van der Waals surface area contributed by atoms with Crippen molar-refractivity contribution in [2.75, 3.05) is 6.54 Å². The molecule has 0 spiro atoms.